The number of pyridine rings is 1. The molecule has 88 valence electrons. The first kappa shape index (κ1) is 11.5. The third kappa shape index (κ3) is 2.79. The van der Waals surface area contributed by atoms with Crippen molar-refractivity contribution in [3.8, 4) is 0 Å². The lowest BCUT2D eigenvalue weighted by Gasteiger charge is -2.07. The molecule has 0 radical (unpaired) electrons. The van der Waals surface area contributed by atoms with Gasteiger partial charge in [0.1, 0.15) is 0 Å². The molecule has 1 heterocycles. The molecule has 17 heavy (non-hydrogen) atoms. The van der Waals surface area contributed by atoms with Gasteiger partial charge in [0.2, 0.25) is 5.91 Å². The number of para-hydroxylation sites is 1. The quantitative estimate of drug-likeness (QED) is 0.840. The zero-order valence-corrected chi connectivity index (χ0v) is 9.73. The molecule has 2 rings (SSSR count). The molecule has 0 unspecified atom stereocenters. The molecule has 1 aromatic heterocycles. The first-order valence-electron chi connectivity index (χ1n) is 5.65. The summed E-state index contributed by atoms with van der Waals surface area (Å²) < 4.78 is 0. The summed E-state index contributed by atoms with van der Waals surface area (Å²) in [7, 11) is 0. The van der Waals surface area contributed by atoms with Gasteiger partial charge in [0.15, 0.2) is 0 Å². The molecule has 0 atom stereocenters. The molecular formula is C13H15N3O. The van der Waals surface area contributed by atoms with Crippen LogP contribution in [0.4, 0.5) is 5.69 Å². The van der Waals surface area contributed by atoms with E-state index in [9.17, 15) is 4.79 Å². The van der Waals surface area contributed by atoms with Crippen LogP contribution in [0.15, 0.2) is 36.5 Å². The normalized spacial score (nSPS) is 10.4. The lowest BCUT2D eigenvalue weighted by molar-refractivity contribution is -0.115. The van der Waals surface area contributed by atoms with Gasteiger partial charge in [-0.05, 0) is 18.7 Å². The van der Waals surface area contributed by atoms with Crippen LogP contribution >= 0.6 is 0 Å². The molecule has 4 nitrogen and oxygen atoms in total. The topological polar surface area (TPSA) is 54.0 Å². The Morgan fingerprint density at radius 3 is 2.94 bits per heavy atom. The Labute approximate surface area is 100 Å². The first-order chi connectivity index (χ1) is 8.31. The van der Waals surface area contributed by atoms with E-state index in [2.05, 4.69) is 15.6 Å². The van der Waals surface area contributed by atoms with Crippen molar-refractivity contribution in [2.24, 2.45) is 0 Å². The largest absolute Gasteiger partial charge is 0.323 e. The molecule has 0 spiro atoms. The number of likely N-dealkylation sites (N-methyl/N-ethyl adjacent to an activating group) is 1. The van der Waals surface area contributed by atoms with Gasteiger partial charge in [-0.25, -0.2) is 0 Å². The summed E-state index contributed by atoms with van der Waals surface area (Å²) in [4.78, 5) is 15.9. The number of amides is 1. The van der Waals surface area contributed by atoms with Crippen LogP contribution in [0.1, 0.15) is 6.92 Å². The number of hydrogen-bond donors (Lipinski definition) is 2. The molecule has 0 bridgehead atoms. The monoisotopic (exact) mass is 229 g/mol. The van der Waals surface area contributed by atoms with E-state index in [1.807, 2.05) is 37.3 Å². The summed E-state index contributed by atoms with van der Waals surface area (Å²) in [5.41, 5.74) is 1.57. The smallest absolute Gasteiger partial charge is 0.238 e. The van der Waals surface area contributed by atoms with Crippen molar-refractivity contribution in [3.05, 3.63) is 36.5 Å². The number of benzene rings is 1. The summed E-state index contributed by atoms with van der Waals surface area (Å²) in [5, 5.41) is 6.86. The van der Waals surface area contributed by atoms with E-state index in [1.54, 1.807) is 6.20 Å². The fraction of sp³-hybridized carbons (Fsp3) is 0.231. The van der Waals surface area contributed by atoms with E-state index >= 15 is 0 Å². The fourth-order valence-electron chi connectivity index (χ4n) is 1.64. The summed E-state index contributed by atoms with van der Waals surface area (Å²) in [6.45, 7) is 3.06. The van der Waals surface area contributed by atoms with E-state index in [0.717, 1.165) is 23.1 Å². The summed E-state index contributed by atoms with van der Waals surface area (Å²) in [6, 6.07) is 9.60. The molecule has 2 aromatic rings. The van der Waals surface area contributed by atoms with Crippen LogP contribution in [0.5, 0.6) is 0 Å². The number of fused-ring (bicyclic) bond motifs is 1. The van der Waals surface area contributed by atoms with E-state index in [1.165, 1.54) is 0 Å². The van der Waals surface area contributed by atoms with Crippen LogP contribution in [0.25, 0.3) is 10.9 Å². The molecule has 0 saturated carbocycles. The van der Waals surface area contributed by atoms with Gasteiger partial charge in [-0.3, -0.25) is 9.78 Å². The molecule has 0 aliphatic carbocycles. The Kier molecular flexibility index (Phi) is 3.67. The third-order valence-corrected chi connectivity index (χ3v) is 2.44. The molecule has 2 N–H and O–H groups in total. The van der Waals surface area contributed by atoms with E-state index in [0.29, 0.717) is 6.54 Å². The van der Waals surface area contributed by atoms with Crippen molar-refractivity contribution < 1.29 is 4.79 Å². The van der Waals surface area contributed by atoms with Gasteiger partial charge in [-0.1, -0.05) is 25.1 Å². The fourth-order valence-corrected chi connectivity index (χ4v) is 1.64. The lowest BCUT2D eigenvalue weighted by Crippen LogP contribution is -2.27. The zero-order valence-electron chi connectivity index (χ0n) is 9.73. The maximum Gasteiger partial charge on any atom is 0.238 e. The van der Waals surface area contributed by atoms with Crippen LogP contribution < -0.4 is 10.6 Å². The van der Waals surface area contributed by atoms with Gasteiger partial charge >= 0.3 is 0 Å². The van der Waals surface area contributed by atoms with Gasteiger partial charge in [-0.15, -0.1) is 0 Å². The average Bonchev–Trinajstić information content (AvgIpc) is 2.37. The second kappa shape index (κ2) is 5.41. The maximum absolute atomic E-state index is 11.6. The van der Waals surface area contributed by atoms with E-state index < -0.39 is 0 Å². The summed E-state index contributed by atoms with van der Waals surface area (Å²) >= 11 is 0. The molecule has 0 aliphatic heterocycles. The molecule has 0 saturated heterocycles. The number of nitrogens with zero attached hydrogens (tertiary/aromatic N) is 1. The third-order valence-electron chi connectivity index (χ3n) is 2.44. The maximum atomic E-state index is 11.6. The summed E-state index contributed by atoms with van der Waals surface area (Å²) in [6.07, 6.45) is 1.72. The minimum atomic E-state index is -0.0509. The highest BCUT2D eigenvalue weighted by Gasteiger charge is 2.05. The van der Waals surface area contributed by atoms with Crippen LogP contribution in [0.2, 0.25) is 0 Å². The van der Waals surface area contributed by atoms with Gasteiger partial charge < -0.3 is 10.6 Å². The first-order valence-corrected chi connectivity index (χ1v) is 5.65. The molecule has 0 fully saturated rings. The highest BCUT2D eigenvalue weighted by Crippen LogP contribution is 2.20. The Balaban J connectivity index is 2.21. The number of rotatable bonds is 4. The predicted molar refractivity (Wildman–Crippen MR) is 68.9 cm³/mol. The van der Waals surface area contributed by atoms with Crippen molar-refractivity contribution in [2.75, 3.05) is 18.4 Å². The summed E-state index contributed by atoms with van der Waals surface area (Å²) in [5.74, 6) is -0.0509. The minimum Gasteiger partial charge on any atom is -0.323 e. The van der Waals surface area contributed by atoms with Crippen molar-refractivity contribution in [2.45, 2.75) is 6.92 Å². The van der Waals surface area contributed by atoms with Crippen LogP contribution in [-0.2, 0) is 4.79 Å². The number of carbonyl (C=O) groups excluding carboxylic acids is 1. The van der Waals surface area contributed by atoms with E-state index in [-0.39, 0.29) is 5.91 Å². The molecule has 1 amide bonds. The number of anilines is 1. The van der Waals surface area contributed by atoms with Crippen LogP contribution in [0, 0.1) is 0 Å². The van der Waals surface area contributed by atoms with Crippen LogP contribution in [-0.4, -0.2) is 24.0 Å². The molecule has 4 heteroatoms. The van der Waals surface area contributed by atoms with Gasteiger partial charge in [-0.2, -0.15) is 0 Å². The Morgan fingerprint density at radius 1 is 1.29 bits per heavy atom. The molecule has 1 aromatic carbocycles. The highest BCUT2D eigenvalue weighted by atomic mass is 16.1. The lowest BCUT2D eigenvalue weighted by atomic mass is 10.2. The SMILES string of the molecule is CCNCC(=O)Nc1cccc2cccnc12. The Hall–Kier alpha value is -1.94. The van der Waals surface area contributed by atoms with Crippen molar-refractivity contribution >= 4 is 22.5 Å². The second-order valence-electron chi connectivity index (χ2n) is 3.71. The standard InChI is InChI=1S/C13H15N3O/c1-2-14-9-12(17)16-11-7-3-5-10-6-4-8-15-13(10)11/h3-8,14H,2,9H2,1H3,(H,16,17). The number of carbonyl (C=O) groups is 1. The Bertz CT molecular complexity index is 520. The zero-order chi connectivity index (χ0) is 12.1. The highest BCUT2D eigenvalue weighted by molar-refractivity contribution is 6.00. The Morgan fingerprint density at radius 2 is 2.12 bits per heavy atom. The van der Waals surface area contributed by atoms with Gasteiger partial charge in [0.05, 0.1) is 17.7 Å². The van der Waals surface area contributed by atoms with E-state index in [4.69, 9.17) is 0 Å². The van der Waals surface area contributed by atoms with Gasteiger partial charge in [0, 0.05) is 11.6 Å². The average molecular weight is 229 g/mol. The molecule has 0 aliphatic rings. The van der Waals surface area contributed by atoms with Crippen molar-refractivity contribution in [1.82, 2.24) is 10.3 Å². The van der Waals surface area contributed by atoms with Crippen molar-refractivity contribution in [1.29, 1.82) is 0 Å². The van der Waals surface area contributed by atoms with Crippen molar-refractivity contribution in [3.63, 3.8) is 0 Å². The number of aromatic nitrogens is 1. The van der Waals surface area contributed by atoms with Crippen LogP contribution in [0.3, 0.4) is 0 Å². The van der Waals surface area contributed by atoms with Gasteiger partial charge in [0.25, 0.3) is 0 Å². The number of nitrogens with one attached hydrogen (secondary N) is 2. The predicted octanol–water partition coefficient (Wildman–Crippen LogP) is 1.78. The second-order valence-corrected chi connectivity index (χ2v) is 3.71. The molecular weight excluding hydrogens is 214 g/mol. The number of hydrogen-bond acceptors (Lipinski definition) is 3. The minimum absolute atomic E-state index is 0.0509.